The highest BCUT2D eigenvalue weighted by Gasteiger charge is 2.34. The normalized spacial score (nSPS) is 15.7. The first-order valence-electron chi connectivity index (χ1n) is 7.77. The van der Waals surface area contributed by atoms with Crippen molar-refractivity contribution >= 4 is 28.3 Å². The van der Waals surface area contributed by atoms with Crippen molar-refractivity contribution in [1.82, 2.24) is 20.1 Å². The van der Waals surface area contributed by atoms with E-state index in [9.17, 15) is 4.79 Å². The standard InChI is InChI=1S/C17H18N4OS/c1-10-13-8-12(9-18-16(13)21(2)20-10)17(22)19-15(11-5-6-11)14-4-3-7-23-14/h3-4,7-9,11,15H,5-6H2,1-2H3,(H,19,22)/t15-/m1/s1. The first-order valence-corrected chi connectivity index (χ1v) is 8.65. The lowest BCUT2D eigenvalue weighted by Crippen LogP contribution is -2.29. The predicted octanol–water partition coefficient (Wildman–Crippen LogP) is 3.22. The van der Waals surface area contributed by atoms with Crippen molar-refractivity contribution in [3.05, 3.63) is 45.9 Å². The van der Waals surface area contributed by atoms with Crippen LogP contribution in [-0.4, -0.2) is 20.7 Å². The van der Waals surface area contributed by atoms with Gasteiger partial charge < -0.3 is 5.32 Å². The molecule has 3 heterocycles. The first kappa shape index (κ1) is 14.4. The summed E-state index contributed by atoms with van der Waals surface area (Å²) in [5.74, 6) is 0.502. The Hall–Kier alpha value is -2.21. The summed E-state index contributed by atoms with van der Waals surface area (Å²) in [5.41, 5.74) is 2.29. The number of rotatable bonds is 4. The molecule has 23 heavy (non-hydrogen) atoms. The van der Waals surface area contributed by atoms with Crippen LogP contribution in [0.2, 0.25) is 0 Å². The van der Waals surface area contributed by atoms with Gasteiger partial charge in [-0.2, -0.15) is 5.10 Å². The van der Waals surface area contributed by atoms with Crippen LogP contribution in [0.15, 0.2) is 29.8 Å². The van der Waals surface area contributed by atoms with Gasteiger partial charge in [-0.15, -0.1) is 11.3 Å². The minimum Gasteiger partial charge on any atom is -0.344 e. The van der Waals surface area contributed by atoms with Crippen LogP contribution in [0.5, 0.6) is 0 Å². The second-order valence-electron chi connectivity index (χ2n) is 6.11. The number of pyridine rings is 1. The van der Waals surface area contributed by atoms with Crippen LogP contribution in [0.25, 0.3) is 11.0 Å². The molecule has 6 heteroatoms. The molecule has 0 spiro atoms. The third-order valence-corrected chi connectivity index (χ3v) is 5.31. The van der Waals surface area contributed by atoms with Gasteiger partial charge in [0, 0.05) is 23.5 Å². The van der Waals surface area contributed by atoms with Gasteiger partial charge in [0.15, 0.2) is 5.65 Å². The van der Waals surface area contributed by atoms with Gasteiger partial charge in [-0.1, -0.05) is 6.07 Å². The SMILES string of the molecule is Cc1nn(C)c2ncc(C(=O)N[C@@H](c3cccs3)C3CC3)cc12. The molecular weight excluding hydrogens is 308 g/mol. The fourth-order valence-corrected chi connectivity index (χ4v) is 3.85. The molecule has 1 saturated carbocycles. The fourth-order valence-electron chi connectivity index (χ4n) is 2.98. The Morgan fingerprint density at radius 1 is 1.48 bits per heavy atom. The molecule has 3 aromatic heterocycles. The summed E-state index contributed by atoms with van der Waals surface area (Å²) in [6.07, 6.45) is 4.00. The molecular formula is C17H18N4OS. The van der Waals surface area contributed by atoms with Gasteiger partial charge in [-0.05, 0) is 43.2 Å². The summed E-state index contributed by atoms with van der Waals surface area (Å²) in [6, 6.07) is 6.14. The Labute approximate surface area is 138 Å². The van der Waals surface area contributed by atoms with Crippen LogP contribution in [0.1, 0.15) is 39.8 Å². The molecule has 3 aromatic rings. The van der Waals surface area contributed by atoms with Gasteiger partial charge >= 0.3 is 0 Å². The molecule has 0 unspecified atom stereocenters. The molecule has 0 aliphatic heterocycles. The van der Waals surface area contributed by atoms with Crippen LogP contribution in [0.3, 0.4) is 0 Å². The number of nitrogens with one attached hydrogen (secondary N) is 1. The number of amides is 1. The summed E-state index contributed by atoms with van der Waals surface area (Å²) < 4.78 is 1.74. The van der Waals surface area contributed by atoms with Gasteiger partial charge in [0.2, 0.25) is 0 Å². The Morgan fingerprint density at radius 3 is 3.00 bits per heavy atom. The van der Waals surface area contributed by atoms with Crippen molar-refractivity contribution < 1.29 is 4.79 Å². The molecule has 0 saturated heterocycles. The number of fused-ring (bicyclic) bond motifs is 1. The molecule has 0 radical (unpaired) electrons. The van der Waals surface area contributed by atoms with Crippen LogP contribution < -0.4 is 5.32 Å². The molecule has 0 aromatic carbocycles. The monoisotopic (exact) mass is 326 g/mol. The highest BCUT2D eigenvalue weighted by Crippen LogP contribution is 2.42. The molecule has 1 amide bonds. The van der Waals surface area contributed by atoms with E-state index in [2.05, 4.69) is 26.8 Å². The van der Waals surface area contributed by atoms with Crippen molar-refractivity contribution in [2.45, 2.75) is 25.8 Å². The van der Waals surface area contributed by atoms with E-state index < -0.39 is 0 Å². The summed E-state index contributed by atoms with van der Waals surface area (Å²) >= 11 is 1.70. The minimum atomic E-state index is -0.0621. The topological polar surface area (TPSA) is 59.8 Å². The lowest BCUT2D eigenvalue weighted by atomic mass is 10.1. The molecule has 1 aliphatic carbocycles. The summed E-state index contributed by atoms with van der Waals surface area (Å²) in [4.78, 5) is 18.3. The average molecular weight is 326 g/mol. The van der Waals surface area contributed by atoms with Crippen molar-refractivity contribution in [3.63, 3.8) is 0 Å². The Morgan fingerprint density at radius 2 is 2.30 bits per heavy atom. The predicted molar refractivity (Wildman–Crippen MR) is 90.5 cm³/mol. The number of nitrogens with zero attached hydrogens (tertiary/aromatic N) is 3. The summed E-state index contributed by atoms with van der Waals surface area (Å²) in [5, 5.41) is 10.5. The van der Waals surface area contributed by atoms with E-state index in [1.165, 1.54) is 17.7 Å². The second kappa shape index (κ2) is 5.45. The average Bonchev–Trinajstić information content (AvgIpc) is 3.16. The van der Waals surface area contributed by atoms with E-state index in [1.54, 1.807) is 22.2 Å². The molecule has 0 bridgehead atoms. The van der Waals surface area contributed by atoms with E-state index in [0.29, 0.717) is 11.5 Å². The van der Waals surface area contributed by atoms with E-state index in [4.69, 9.17) is 0 Å². The third kappa shape index (κ3) is 2.63. The minimum absolute atomic E-state index is 0.0621. The van der Waals surface area contributed by atoms with Crippen molar-refractivity contribution in [2.75, 3.05) is 0 Å². The number of hydrogen-bond donors (Lipinski definition) is 1. The lowest BCUT2D eigenvalue weighted by Gasteiger charge is -2.16. The third-order valence-electron chi connectivity index (χ3n) is 4.35. The largest absolute Gasteiger partial charge is 0.344 e. The second-order valence-corrected chi connectivity index (χ2v) is 7.09. The van der Waals surface area contributed by atoms with Crippen molar-refractivity contribution in [2.24, 2.45) is 13.0 Å². The number of carbonyl (C=O) groups is 1. The van der Waals surface area contributed by atoms with Crippen LogP contribution in [0, 0.1) is 12.8 Å². The highest BCUT2D eigenvalue weighted by molar-refractivity contribution is 7.10. The smallest absolute Gasteiger partial charge is 0.253 e. The van der Waals surface area contributed by atoms with Gasteiger partial charge in [-0.3, -0.25) is 9.48 Å². The first-order chi connectivity index (χ1) is 11.1. The van der Waals surface area contributed by atoms with Gasteiger partial charge in [-0.25, -0.2) is 4.98 Å². The maximum absolute atomic E-state index is 12.7. The maximum Gasteiger partial charge on any atom is 0.253 e. The molecule has 1 fully saturated rings. The van der Waals surface area contributed by atoms with Gasteiger partial charge in [0.25, 0.3) is 5.91 Å². The quantitative estimate of drug-likeness (QED) is 0.801. The number of aryl methyl sites for hydroxylation is 2. The Balaban J connectivity index is 1.62. The van der Waals surface area contributed by atoms with Gasteiger partial charge in [0.05, 0.1) is 17.3 Å². The maximum atomic E-state index is 12.7. The van der Waals surface area contributed by atoms with E-state index in [1.807, 2.05) is 26.1 Å². The van der Waals surface area contributed by atoms with E-state index in [0.717, 1.165) is 16.7 Å². The van der Waals surface area contributed by atoms with Crippen molar-refractivity contribution in [3.8, 4) is 0 Å². The molecule has 1 N–H and O–H groups in total. The zero-order valence-corrected chi connectivity index (χ0v) is 13.9. The number of thiophene rings is 1. The Bertz CT molecular complexity index is 864. The molecule has 1 aliphatic rings. The summed E-state index contributed by atoms with van der Waals surface area (Å²) in [7, 11) is 1.86. The van der Waals surface area contributed by atoms with Crippen LogP contribution in [0.4, 0.5) is 0 Å². The molecule has 1 atom stereocenters. The fraction of sp³-hybridized carbons (Fsp3) is 0.353. The van der Waals surface area contributed by atoms with Crippen LogP contribution >= 0.6 is 11.3 Å². The molecule has 118 valence electrons. The highest BCUT2D eigenvalue weighted by atomic mass is 32.1. The lowest BCUT2D eigenvalue weighted by molar-refractivity contribution is 0.0932. The summed E-state index contributed by atoms with van der Waals surface area (Å²) in [6.45, 7) is 1.93. The number of hydrogen-bond acceptors (Lipinski definition) is 4. The number of carbonyl (C=O) groups excluding carboxylic acids is 1. The molecule has 5 nitrogen and oxygen atoms in total. The number of aromatic nitrogens is 3. The Kier molecular flexibility index (Phi) is 3.41. The van der Waals surface area contributed by atoms with E-state index >= 15 is 0 Å². The van der Waals surface area contributed by atoms with Gasteiger partial charge in [0.1, 0.15) is 0 Å². The molecule has 4 rings (SSSR count). The zero-order valence-electron chi connectivity index (χ0n) is 13.1. The van der Waals surface area contributed by atoms with Crippen LogP contribution in [-0.2, 0) is 7.05 Å². The zero-order chi connectivity index (χ0) is 16.0. The van der Waals surface area contributed by atoms with Crippen molar-refractivity contribution in [1.29, 1.82) is 0 Å². The van der Waals surface area contributed by atoms with E-state index in [-0.39, 0.29) is 11.9 Å².